The number of hydrogen-bond donors (Lipinski definition) is 1. The molecule has 0 atom stereocenters. The number of hydrogen-bond acceptors (Lipinski definition) is 5. The first kappa shape index (κ1) is 25.2. The van der Waals surface area contributed by atoms with Crippen molar-refractivity contribution in [1.29, 1.82) is 0 Å². The van der Waals surface area contributed by atoms with E-state index in [9.17, 15) is 8.42 Å². The number of nitrogens with one attached hydrogen (secondary N) is 1. The Bertz CT molecular complexity index is 770. The highest BCUT2D eigenvalue weighted by atomic mass is 127. The number of sulfone groups is 1. The number of aromatic nitrogens is 2. The van der Waals surface area contributed by atoms with Crippen LogP contribution < -0.4 is 5.32 Å². The normalized spacial score (nSPS) is 17.3. The predicted octanol–water partition coefficient (Wildman–Crippen LogP) is 1.76. The number of rotatable bonds is 6. The Balaban J connectivity index is 0.00000392. The predicted molar refractivity (Wildman–Crippen MR) is 123 cm³/mol. The minimum atomic E-state index is -3.22. The first-order valence-corrected chi connectivity index (χ1v) is 11.2. The van der Waals surface area contributed by atoms with Crippen molar-refractivity contribution in [3.63, 3.8) is 0 Å². The van der Waals surface area contributed by atoms with E-state index in [0.717, 1.165) is 11.3 Å². The van der Waals surface area contributed by atoms with Crippen LogP contribution >= 0.6 is 24.0 Å². The van der Waals surface area contributed by atoms with Gasteiger partial charge < -0.3 is 15.0 Å². The number of ether oxygens (including phenoxy) is 1. The Morgan fingerprint density at radius 3 is 2.54 bits per heavy atom. The number of guanidine groups is 1. The summed E-state index contributed by atoms with van der Waals surface area (Å²) in [6.45, 7) is 6.17. The summed E-state index contributed by atoms with van der Waals surface area (Å²) in [5.74, 6) is 1.00. The topological polar surface area (TPSA) is 88.8 Å². The zero-order valence-corrected chi connectivity index (χ0v) is 20.9. The average molecular weight is 527 g/mol. The van der Waals surface area contributed by atoms with Crippen molar-refractivity contribution < 1.29 is 13.2 Å². The second-order valence-electron chi connectivity index (χ2n) is 7.69. The molecular formula is C18H34IN5O3S. The van der Waals surface area contributed by atoms with Gasteiger partial charge in [0.25, 0.3) is 0 Å². The maximum absolute atomic E-state index is 12.4. The van der Waals surface area contributed by atoms with Crippen LogP contribution in [-0.4, -0.2) is 73.9 Å². The molecule has 0 bridgehead atoms. The van der Waals surface area contributed by atoms with E-state index in [1.165, 1.54) is 6.26 Å². The molecule has 2 heterocycles. The lowest BCUT2D eigenvalue weighted by molar-refractivity contribution is 0.0755. The minimum absolute atomic E-state index is 0. The standard InChI is InChI=1S/C18H33N5O3S.HI/c1-14(2)16-15(12-23(5)21-16)11-22(4)17(19-3)20-13-18(27(6,24)25)7-9-26-10-8-18;/h12,14H,7-11,13H2,1-6H3,(H,19,20);1H. The number of nitrogens with zero attached hydrogens (tertiary/aromatic N) is 4. The molecule has 10 heteroatoms. The third kappa shape index (κ3) is 5.82. The maximum Gasteiger partial charge on any atom is 0.193 e. The van der Waals surface area contributed by atoms with Crippen LogP contribution in [0.3, 0.4) is 0 Å². The van der Waals surface area contributed by atoms with Crippen LogP contribution in [0.4, 0.5) is 0 Å². The summed E-state index contributed by atoms with van der Waals surface area (Å²) >= 11 is 0. The van der Waals surface area contributed by atoms with Crippen LogP contribution in [0.15, 0.2) is 11.2 Å². The van der Waals surface area contributed by atoms with E-state index in [-0.39, 0.29) is 24.0 Å². The lowest BCUT2D eigenvalue weighted by Gasteiger charge is -2.36. The summed E-state index contributed by atoms with van der Waals surface area (Å²) in [6.07, 6.45) is 4.34. The van der Waals surface area contributed by atoms with Crippen molar-refractivity contribution in [2.75, 3.05) is 40.1 Å². The molecule has 0 amide bonds. The van der Waals surface area contributed by atoms with Gasteiger partial charge in [0.15, 0.2) is 15.8 Å². The third-order valence-corrected chi connectivity index (χ3v) is 7.35. The fraction of sp³-hybridized carbons (Fsp3) is 0.778. The molecular weight excluding hydrogens is 493 g/mol. The molecule has 0 spiro atoms. The molecule has 0 saturated carbocycles. The van der Waals surface area contributed by atoms with E-state index < -0.39 is 14.6 Å². The fourth-order valence-electron chi connectivity index (χ4n) is 3.54. The zero-order chi connectivity index (χ0) is 20.2. The van der Waals surface area contributed by atoms with Crippen LogP contribution in [0.1, 0.15) is 43.9 Å². The second kappa shape index (κ2) is 10.2. The largest absolute Gasteiger partial charge is 0.381 e. The van der Waals surface area contributed by atoms with E-state index in [0.29, 0.717) is 51.0 Å². The molecule has 1 fully saturated rings. The monoisotopic (exact) mass is 527 g/mol. The Morgan fingerprint density at radius 2 is 2.04 bits per heavy atom. The molecule has 1 aliphatic heterocycles. The molecule has 1 aromatic rings. The van der Waals surface area contributed by atoms with Gasteiger partial charge in [0.2, 0.25) is 0 Å². The number of aryl methyl sites for hydroxylation is 1. The summed E-state index contributed by atoms with van der Waals surface area (Å²) in [7, 11) is 2.36. The molecule has 0 aromatic carbocycles. The molecule has 162 valence electrons. The smallest absolute Gasteiger partial charge is 0.193 e. The van der Waals surface area contributed by atoms with Crippen molar-refractivity contribution in [1.82, 2.24) is 20.0 Å². The van der Waals surface area contributed by atoms with Gasteiger partial charge in [-0.1, -0.05) is 13.8 Å². The number of aliphatic imine (C=N–C) groups is 1. The van der Waals surface area contributed by atoms with Crippen molar-refractivity contribution in [2.24, 2.45) is 12.0 Å². The van der Waals surface area contributed by atoms with Gasteiger partial charge in [0, 0.05) is 65.5 Å². The molecule has 8 nitrogen and oxygen atoms in total. The van der Waals surface area contributed by atoms with Crippen molar-refractivity contribution >= 4 is 39.8 Å². The van der Waals surface area contributed by atoms with Crippen molar-refractivity contribution in [3.8, 4) is 0 Å². The molecule has 1 N–H and O–H groups in total. The summed E-state index contributed by atoms with van der Waals surface area (Å²) in [6, 6.07) is 0. The highest BCUT2D eigenvalue weighted by Crippen LogP contribution is 2.28. The Kier molecular flexibility index (Phi) is 9.20. The van der Waals surface area contributed by atoms with Crippen LogP contribution in [0.5, 0.6) is 0 Å². The lowest BCUT2D eigenvalue weighted by atomic mass is 9.99. The van der Waals surface area contributed by atoms with E-state index in [2.05, 4.69) is 29.3 Å². The third-order valence-electron chi connectivity index (χ3n) is 5.22. The van der Waals surface area contributed by atoms with Crippen LogP contribution in [-0.2, 0) is 28.2 Å². The van der Waals surface area contributed by atoms with Crippen molar-refractivity contribution in [3.05, 3.63) is 17.5 Å². The summed E-state index contributed by atoms with van der Waals surface area (Å²) in [5.41, 5.74) is 2.21. The molecule has 28 heavy (non-hydrogen) atoms. The Hall–Kier alpha value is -0.880. The molecule has 1 aliphatic rings. The van der Waals surface area contributed by atoms with Gasteiger partial charge in [-0.05, 0) is 18.8 Å². The van der Waals surface area contributed by atoms with Crippen LogP contribution in [0, 0.1) is 0 Å². The second-order valence-corrected chi connectivity index (χ2v) is 10.1. The summed E-state index contributed by atoms with van der Waals surface area (Å²) in [4.78, 5) is 6.34. The summed E-state index contributed by atoms with van der Waals surface area (Å²) < 4.78 is 31.3. The highest BCUT2D eigenvalue weighted by Gasteiger charge is 2.42. The molecule has 1 aromatic heterocycles. The van der Waals surface area contributed by atoms with Gasteiger partial charge in [-0.3, -0.25) is 9.67 Å². The van der Waals surface area contributed by atoms with Gasteiger partial charge in [-0.2, -0.15) is 5.10 Å². The van der Waals surface area contributed by atoms with Gasteiger partial charge in [-0.15, -0.1) is 24.0 Å². The van der Waals surface area contributed by atoms with Gasteiger partial charge in [-0.25, -0.2) is 8.42 Å². The van der Waals surface area contributed by atoms with Gasteiger partial charge >= 0.3 is 0 Å². The van der Waals surface area contributed by atoms with Gasteiger partial charge in [0.1, 0.15) is 0 Å². The van der Waals surface area contributed by atoms with E-state index in [1.807, 2.05) is 29.9 Å². The summed E-state index contributed by atoms with van der Waals surface area (Å²) in [5, 5.41) is 7.82. The molecule has 1 saturated heterocycles. The van der Waals surface area contributed by atoms with E-state index >= 15 is 0 Å². The zero-order valence-electron chi connectivity index (χ0n) is 17.7. The highest BCUT2D eigenvalue weighted by molar-refractivity contribution is 14.0. The van der Waals surface area contributed by atoms with E-state index in [1.54, 1.807) is 7.05 Å². The lowest BCUT2D eigenvalue weighted by Crippen LogP contribution is -2.53. The SMILES string of the molecule is CN=C(NCC1(S(C)(=O)=O)CCOCC1)N(C)Cc1cn(C)nc1C(C)C.I. The molecule has 0 radical (unpaired) electrons. The molecule has 2 rings (SSSR count). The maximum atomic E-state index is 12.4. The number of halogens is 1. The first-order valence-electron chi connectivity index (χ1n) is 9.31. The Labute approximate surface area is 186 Å². The average Bonchev–Trinajstić information content (AvgIpc) is 2.96. The quantitative estimate of drug-likeness (QED) is 0.345. The Morgan fingerprint density at radius 1 is 1.43 bits per heavy atom. The van der Waals surface area contributed by atoms with Crippen LogP contribution in [0.2, 0.25) is 0 Å². The fourth-order valence-corrected chi connectivity index (χ4v) is 4.78. The first-order chi connectivity index (χ1) is 12.6. The minimum Gasteiger partial charge on any atom is -0.381 e. The van der Waals surface area contributed by atoms with Crippen LogP contribution in [0.25, 0.3) is 0 Å². The van der Waals surface area contributed by atoms with Gasteiger partial charge in [0.05, 0.1) is 10.4 Å². The van der Waals surface area contributed by atoms with E-state index in [4.69, 9.17) is 4.74 Å². The molecule has 0 unspecified atom stereocenters. The van der Waals surface area contributed by atoms with Crippen molar-refractivity contribution in [2.45, 2.75) is 43.9 Å². The molecule has 0 aliphatic carbocycles.